The van der Waals surface area contributed by atoms with Gasteiger partial charge in [-0.3, -0.25) is 4.90 Å². The van der Waals surface area contributed by atoms with Crippen molar-refractivity contribution in [2.75, 3.05) is 32.8 Å². The normalized spacial score (nSPS) is 18.0. The third-order valence-corrected chi connectivity index (χ3v) is 3.84. The lowest BCUT2D eigenvalue weighted by Gasteiger charge is -2.32. The van der Waals surface area contributed by atoms with Crippen LogP contribution >= 0.6 is 0 Å². The number of nitrogens with one attached hydrogen (secondary N) is 1. The number of guanidine groups is 1. The van der Waals surface area contributed by atoms with Crippen molar-refractivity contribution in [3.63, 3.8) is 0 Å². The first-order chi connectivity index (χ1) is 11.8. The molecule has 1 unspecified atom stereocenters. The van der Waals surface area contributed by atoms with Gasteiger partial charge in [0.05, 0.1) is 19.8 Å². The smallest absolute Gasteiger partial charge is 0.406 e. The first-order valence-corrected chi connectivity index (χ1v) is 8.04. The fourth-order valence-corrected chi connectivity index (χ4v) is 2.43. The highest BCUT2D eigenvalue weighted by molar-refractivity contribution is 5.77. The van der Waals surface area contributed by atoms with Crippen molar-refractivity contribution in [1.29, 1.82) is 0 Å². The summed E-state index contributed by atoms with van der Waals surface area (Å²) < 4.78 is 45.4. The van der Waals surface area contributed by atoms with Crippen molar-refractivity contribution in [2.24, 2.45) is 10.7 Å². The van der Waals surface area contributed by atoms with Crippen LogP contribution in [0.4, 0.5) is 13.2 Å². The quantitative estimate of drug-likeness (QED) is 0.597. The van der Waals surface area contributed by atoms with Gasteiger partial charge in [-0.25, -0.2) is 4.99 Å². The summed E-state index contributed by atoms with van der Waals surface area (Å²) in [5, 5.41) is 3.06. The summed E-state index contributed by atoms with van der Waals surface area (Å²) in [6, 6.07) is 5.85. The van der Waals surface area contributed by atoms with Crippen LogP contribution < -0.4 is 15.8 Å². The lowest BCUT2D eigenvalue weighted by molar-refractivity contribution is -0.274. The van der Waals surface area contributed by atoms with Gasteiger partial charge < -0.3 is 20.5 Å². The van der Waals surface area contributed by atoms with Crippen molar-refractivity contribution < 1.29 is 22.6 Å². The van der Waals surface area contributed by atoms with E-state index in [0.717, 1.165) is 31.9 Å². The second-order valence-electron chi connectivity index (χ2n) is 5.77. The Morgan fingerprint density at radius 3 is 2.56 bits per heavy atom. The molecule has 1 heterocycles. The highest BCUT2D eigenvalue weighted by Gasteiger charge is 2.30. The summed E-state index contributed by atoms with van der Waals surface area (Å²) in [5.41, 5.74) is 6.57. The van der Waals surface area contributed by atoms with Gasteiger partial charge in [0.15, 0.2) is 5.96 Å². The van der Waals surface area contributed by atoms with Crippen LogP contribution in [-0.2, 0) is 11.3 Å². The molecule has 0 saturated carbocycles. The second-order valence-corrected chi connectivity index (χ2v) is 5.77. The lowest BCUT2D eigenvalue weighted by atomic mass is 10.2. The molecule has 0 bridgehead atoms. The minimum Gasteiger partial charge on any atom is -0.406 e. The summed E-state index contributed by atoms with van der Waals surface area (Å²) in [6.45, 7) is 6.30. The van der Waals surface area contributed by atoms with E-state index in [-0.39, 0.29) is 12.3 Å². The topological polar surface area (TPSA) is 72.1 Å². The van der Waals surface area contributed by atoms with Crippen LogP contribution in [0, 0.1) is 0 Å². The predicted molar refractivity (Wildman–Crippen MR) is 88.3 cm³/mol. The molecule has 25 heavy (non-hydrogen) atoms. The molecule has 2 rings (SSSR count). The van der Waals surface area contributed by atoms with Gasteiger partial charge in [0.25, 0.3) is 0 Å². The minimum atomic E-state index is -4.69. The number of nitrogens with two attached hydrogens (primary N) is 1. The molecule has 1 saturated heterocycles. The van der Waals surface area contributed by atoms with Gasteiger partial charge in [-0.15, -0.1) is 13.2 Å². The molecule has 0 spiro atoms. The van der Waals surface area contributed by atoms with Gasteiger partial charge in [0.2, 0.25) is 0 Å². The Labute approximate surface area is 144 Å². The number of benzene rings is 1. The van der Waals surface area contributed by atoms with Gasteiger partial charge in [-0.1, -0.05) is 12.1 Å². The molecule has 1 fully saturated rings. The average molecular weight is 360 g/mol. The number of rotatable bonds is 6. The van der Waals surface area contributed by atoms with Crippen LogP contribution in [0.25, 0.3) is 0 Å². The van der Waals surface area contributed by atoms with Crippen LogP contribution in [-0.4, -0.2) is 56.1 Å². The van der Waals surface area contributed by atoms with Crippen molar-refractivity contribution in [3.05, 3.63) is 29.8 Å². The molecule has 1 aromatic carbocycles. The van der Waals surface area contributed by atoms with Crippen molar-refractivity contribution in [1.82, 2.24) is 10.2 Å². The molecule has 0 amide bonds. The van der Waals surface area contributed by atoms with Crippen LogP contribution in [0.15, 0.2) is 29.3 Å². The first-order valence-electron chi connectivity index (χ1n) is 8.04. The molecule has 1 aliphatic rings. The molecule has 140 valence electrons. The van der Waals surface area contributed by atoms with Gasteiger partial charge in [0, 0.05) is 25.7 Å². The molecule has 6 nitrogen and oxygen atoms in total. The fraction of sp³-hybridized carbons (Fsp3) is 0.562. The molecule has 9 heteroatoms. The Balaban J connectivity index is 1.76. The Morgan fingerprint density at radius 2 is 1.96 bits per heavy atom. The SMILES string of the molecule is CC(CNC(N)=NCc1ccc(OC(F)(F)F)cc1)N1CCOCC1. The van der Waals surface area contributed by atoms with E-state index in [4.69, 9.17) is 10.5 Å². The molecule has 3 N–H and O–H groups in total. The zero-order chi connectivity index (χ0) is 18.3. The van der Waals surface area contributed by atoms with Crippen molar-refractivity contribution in [3.8, 4) is 5.75 Å². The lowest BCUT2D eigenvalue weighted by Crippen LogP contribution is -2.48. The molecular formula is C16H23F3N4O2. The number of nitrogens with zero attached hydrogens (tertiary/aromatic N) is 2. The highest BCUT2D eigenvalue weighted by Crippen LogP contribution is 2.22. The summed E-state index contributed by atoms with van der Waals surface area (Å²) in [7, 11) is 0. The molecular weight excluding hydrogens is 337 g/mol. The average Bonchev–Trinajstić information content (AvgIpc) is 2.58. The van der Waals surface area contributed by atoms with Crippen LogP contribution in [0.1, 0.15) is 12.5 Å². The second kappa shape index (κ2) is 8.91. The maximum Gasteiger partial charge on any atom is 0.573 e. The fourth-order valence-electron chi connectivity index (χ4n) is 2.43. The van der Waals surface area contributed by atoms with E-state index in [1.54, 1.807) is 0 Å². The molecule has 1 atom stereocenters. The zero-order valence-corrected chi connectivity index (χ0v) is 14.1. The first kappa shape index (κ1) is 19.3. The standard InChI is InChI=1S/C16H23F3N4O2/c1-12(23-6-8-24-9-7-23)10-21-15(20)22-11-13-2-4-14(5-3-13)25-16(17,18)19/h2-5,12H,6-11H2,1H3,(H3,20,21,22). The maximum atomic E-state index is 12.1. The third-order valence-electron chi connectivity index (χ3n) is 3.84. The number of halogens is 3. The summed E-state index contributed by atoms with van der Waals surface area (Å²) in [6.07, 6.45) is -4.69. The van der Waals surface area contributed by atoms with E-state index in [9.17, 15) is 13.2 Å². The van der Waals surface area contributed by atoms with E-state index in [1.165, 1.54) is 24.3 Å². The van der Waals surface area contributed by atoms with Crippen LogP contribution in [0.5, 0.6) is 5.75 Å². The predicted octanol–water partition coefficient (Wildman–Crippen LogP) is 1.71. The maximum absolute atomic E-state index is 12.1. The summed E-state index contributed by atoms with van der Waals surface area (Å²) in [4.78, 5) is 6.50. The van der Waals surface area contributed by atoms with Crippen LogP contribution in [0.2, 0.25) is 0 Å². The Morgan fingerprint density at radius 1 is 1.32 bits per heavy atom. The van der Waals surface area contributed by atoms with Gasteiger partial charge in [-0.2, -0.15) is 0 Å². The summed E-state index contributed by atoms with van der Waals surface area (Å²) in [5.74, 6) is 0.0430. The number of ether oxygens (including phenoxy) is 2. The third kappa shape index (κ3) is 7.18. The number of hydrogen-bond donors (Lipinski definition) is 2. The Bertz CT molecular complexity index is 557. The summed E-state index contributed by atoms with van der Waals surface area (Å²) >= 11 is 0. The van der Waals surface area contributed by atoms with E-state index in [0.29, 0.717) is 18.5 Å². The Kier molecular flexibility index (Phi) is 6.89. The number of hydrogen-bond acceptors (Lipinski definition) is 4. The molecule has 1 aliphatic heterocycles. The van der Waals surface area contributed by atoms with E-state index in [1.807, 2.05) is 0 Å². The number of aliphatic imine (C=N–C) groups is 1. The molecule has 1 aromatic rings. The van der Waals surface area contributed by atoms with Gasteiger partial charge >= 0.3 is 6.36 Å². The van der Waals surface area contributed by atoms with Crippen molar-refractivity contribution in [2.45, 2.75) is 25.9 Å². The molecule has 0 aliphatic carbocycles. The highest BCUT2D eigenvalue weighted by atomic mass is 19.4. The monoisotopic (exact) mass is 360 g/mol. The van der Waals surface area contributed by atoms with Gasteiger partial charge in [0.1, 0.15) is 5.75 Å². The van der Waals surface area contributed by atoms with Crippen molar-refractivity contribution >= 4 is 5.96 Å². The van der Waals surface area contributed by atoms with Gasteiger partial charge in [-0.05, 0) is 24.6 Å². The van der Waals surface area contributed by atoms with E-state index in [2.05, 4.69) is 26.9 Å². The molecule has 0 aromatic heterocycles. The largest absolute Gasteiger partial charge is 0.573 e. The number of alkyl halides is 3. The number of morpholine rings is 1. The van der Waals surface area contributed by atoms with Crippen LogP contribution in [0.3, 0.4) is 0 Å². The minimum absolute atomic E-state index is 0.259. The zero-order valence-electron chi connectivity index (χ0n) is 14.1. The van der Waals surface area contributed by atoms with E-state index < -0.39 is 6.36 Å². The Hall–Kier alpha value is -2.00. The molecule has 0 radical (unpaired) electrons. The van der Waals surface area contributed by atoms with E-state index >= 15 is 0 Å².